The molecule has 1 rings (SSSR count). The Morgan fingerprint density at radius 2 is 2.11 bits per heavy atom. The second kappa shape index (κ2) is 7.85. The molecule has 1 amide bonds. The first-order valence-corrected chi connectivity index (χ1v) is 8.90. The number of unbranched alkanes of at least 4 members (excludes halogenated alkanes) is 2. The van der Waals surface area contributed by atoms with E-state index >= 15 is 0 Å². The van der Waals surface area contributed by atoms with Crippen molar-refractivity contribution >= 4 is 15.7 Å². The summed E-state index contributed by atoms with van der Waals surface area (Å²) < 4.78 is 22.7. The fourth-order valence-electron chi connectivity index (χ4n) is 2.43. The molecule has 0 unspecified atom stereocenters. The molecule has 1 aliphatic heterocycles. The lowest BCUT2D eigenvalue weighted by Crippen LogP contribution is -2.37. The highest BCUT2D eigenvalue weighted by atomic mass is 32.2. The van der Waals surface area contributed by atoms with Crippen LogP contribution in [0.25, 0.3) is 0 Å². The summed E-state index contributed by atoms with van der Waals surface area (Å²) in [6, 6.07) is 0. The van der Waals surface area contributed by atoms with E-state index in [2.05, 4.69) is 12.2 Å². The predicted molar refractivity (Wildman–Crippen MR) is 76.8 cm³/mol. The number of hydrogen-bond acceptors (Lipinski definition) is 4. The predicted octanol–water partition coefficient (Wildman–Crippen LogP) is 0.659. The van der Waals surface area contributed by atoms with E-state index in [9.17, 15) is 13.2 Å². The van der Waals surface area contributed by atoms with Gasteiger partial charge in [0.1, 0.15) is 0 Å². The van der Waals surface area contributed by atoms with E-state index in [0.29, 0.717) is 18.8 Å². The van der Waals surface area contributed by atoms with Crippen LogP contribution in [0.15, 0.2) is 0 Å². The second-order valence-corrected chi connectivity index (χ2v) is 7.75. The molecule has 0 aromatic rings. The maximum Gasteiger partial charge on any atom is 0.234 e. The molecule has 1 atom stereocenters. The Morgan fingerprint density at radius 3 is 2.68 bits per heavy atom. The molecule has 1 saturated heterocycles. The highest BCUT2D eigenvalue weighted by Gasteiger charge is 2.28. The number of amides is 1. The Labute approximate surface area is 116 Å². The lowest BCUT2D eigenvalue weighted by Gasteiger charge is -2.19. The molecule has 1 heterocycles. The first-order valence-electron chi connectivity index (χ1n) is 7.08. The minimum Gasteiger partial charge on any atom is -0.355 e. The zero-order valence-corrected chi connectivity index (χ0v) is 12.8. The summed E-state index contributed by atoms with van der Waals surface area (Å²) in [5, 5.41) is 2.89. The van der Waals surface area contributed by atoms with Gasteiger partial charge in [0, 0.05) is 13.1 Å². The van der Waals surface area contributed by atoms with Crippen LogP contribution in [0.2, 0.25) is 0 Å². The van der Waals surface area contributed by atoms with E-state index < -0.39 is 9.84 Å². The van der Waals surface area contributed by atoms with Gasteiger partial charge in [-0.05, 0) is 25.8 Å². The zero-order chi connectivity index (χ0) is 14.3. The van der Waals surface area contributed by atoms with Crippen molar-refractivity contribution in [3.05, 3.63) is 0 Å². The standard InChI is InChI=1S/C13H26N2O3S/c1-3-4-5-7-14-13(16)10-15(2)9-12-6-8-19(17,18)11-12/h12H,3-11H2,1-2H3,(H,14,16)/t12-/m1/s1. The van der Waals surface area contributed by atoms with Crippen molar-refractivity contribution in [1.29, 1.82) is 0 Å². The van der Waals surface area contributed by atoms with Crippen molar-refractivity contribution in [2.75, 3.05) is 38.2 Å². The van der Waals surface area contributed by atoms with E-state index in [1.807, 2.05) is 11.9 Å². The maximum atomic E-state index is 11.6. The summed E-state index contributed by atoms with van der Waals surface area (Å²) in [6.07, 6.45) is 4.03. The summed E-state index contributed by atoms with van der Waals surface area (Å²) >= 11 is 0. The van der Waals surface area contributed by atoms with Crippen molar-refractivity contribution in [3.8, 4) is 0 Å². The van der Waals surface area contributed by atoms with Crippen molar-refractivity contribution in [2.24, 2.45) is 5.92 Å². The number of nitrogens with zero attached hydrogens (tertiary/aromatic N) is 1. The van der Waals surface area contributed by atoms with Gasteiger partial charge in [-0.25, -0.2) is 8.42 Å². The highest BCUT2D eigenvalue weighted by Crippen LogP contribution is 2.18. The molecule has 1 aliphatic rings. The summed E-state index contributed by atoms with van der Waals surface area (Å²) in [6.45, 7) is 3.90. The molecule has 0 spiro atoms. The minimum absolute atomic E-state index is 0.0273. The van der Waals surface area contributed by atoms with Crippen LogP contribution in [-0.4, -0.2) is 57.4 Å². The van der Waals surface area contributed by atoms with Crippen LogP contribution in [-0.2, 0) is 14.6 Å². The summed E-state index contributed by atoms with van der Waals surface area (Å²) in [5.74, 6) is 0.784. The van der Waals surface area contributed by atoms with Crippen molar-refractivity contribution in [1.82, 2.24) is 10.2 Å². The van der Waals surface area contributed by atoms with Crippen LogP contribution >= 0.6 is 0 Å². The molecule has 19 heavy (non-hydrogen) atoms. The molecule has 1 N–H and O–H groups in total. The van der Waals surface area contributed by atoms with E-state index in [0.717, 1.165) is 32.2 Å². The molecule has 6 heteroatoms. The Hall–Kier alpha value is -0.620. The molecular formula is C13H26N2O3S. The number of hydrogen-bond donors (Lipinski definition) is 1. The van der Waals surface area contributed by atoms with Crippen molar-refractivity contribution in [2.45, 2.75) is 32.6 Å². The van der Waals surface area contributed by atoms with Gasteiger partial charge in [0.05, 0.1) is 18.1 Å². The number of sulfone groups is 1. The highest BCUT2D eigenvalue weighted by molar-refractivity contribution is 7.91. The quantitative estimate of drug-likeness (QED) is 0.667. The number of nitrogens with one attached hydrogen (secondary N) is 1. The van der Waals surface area contributed by atoms with Gasteiger partial charge in [0.25, 0.3) is 0 Å². The number of rotatable bonds is 8. The summed E-state index contributed by atoms with van der Waals surface area (Å²) in [7, 11) is -0.946. The van der Waals surface area contributed by atoms with Gasteiger partial charge >= 0.3 is 0 Å². The van der Waals surface area contributed by atoms with Crippen LogP contribution in [0, 0.1) is 5.92 Å². The number of likely N-dealkylation sites (N-methyl/N-ethyl adjacent to an activating group) is 1. The molecule has 0 aromatic carbocycles. The first-order chi connectivity index (χ1) is 8.93. The van der Waals surface area contributed by atoms with Crippen molar-refractivity contribution in [3.63, 3.8) is 0 Å². The van der Waals surface area contributed by atoms with E-state index in [-0.39, 0.29) is 17.6 Å². The zero-order valence-electron chi connectivity index (χ0n) is 12.0. The number of carbonyl (C=O) groups is 1. The monoisotopic (exact) mass is 290 g/mol. The molecule has 0 aliphatic carbocycles. The normalized spacial score (nSPS) is 21.7. The van der Waals surface area contributed by atoms with Gasteiger partial charge in [-0.15, -0.1) is 0 Å². The van der Waals surface area contributed by atoms with Crippen LogP contribution in [0.1, 0.15) is 32.6 Å². The van der Waals surface area contributed by atoms with Gasteiger partial charge in [0.15, 0.2) is 9.84 Å². The van der Waals surface area contributed by atoms with E-state index in [1.165, 1.54) is 0 Å². The lowest BCUT2D eigenvalue weighted by molar-refractivity contribution is -0.122. The topological polar surface area (TPSA) is 66.5 Å². The smallest absolute Gasteiger partial charge is 0.234 e. The number of carbonyl (C=O) groups excluding carboxylic acids is 1. The fraction of sp³-hybridized carbons (Fsp3) is 0.923. The molecular weight excluding hydrogens is 264 g/mol. The van der Waals surface area contributed by atoms with Crippen LogP contribution in [0.4, 0.5) is 0 Å². The first kappa shape index (κ1) is 16.4. The van der Waals surface area contributed by atoms with E-state index in [1.54, 1.807) is 0 Å². The minimum atomic E-state index is -2.82. The van der Waals surface area contributed by atoms with Gasteiger partial charge in [0.2, 0.25) is 5.91 Å². The molecule has 0 bridgehead atoms. The lowest BCUT2D eigenvalue weighted by atomic mass is 10.1. The third-order valence-electron chi connectivity index (χ3n) is 3.41. The van der Waals surface area contributed by atoms with Gasteiger partial charge < -0.3 is 5.32 Å². The van der Waals surface area contributed by atoms with Crippen LogP contribution in [0.5, 0.6) is 0 Å². The Balaban J connectivity index is 2.16. The van der Waals surface area contributed by atoms with Crippen molar-refractivity contribution < 1.29 is 13.2 Å². The largest absolute Gasteiger partial charge is 0.355 e. The molecule has 0 radical (unpaired) electrons. The molecule has 0 saturated carbocycles. The van der Waals surface area contributed by atoms with Crippen LogP contribution in [0.3, 0.4) is 0 Å². The molecule has 112 valence electrons. The van der Waals surface area contributed by atoms with Crippen LogP contribution < -0.4 is 5.32 Å². The molecule has 5 nitrogen and oxygen atoms in total. The maximum absolute atomic E-state index is 11.6. The third-order valence-corrected chi connectivity index (χ3v) is 5.25. The second-order valence-electron chi connectivity index (χ2n) is 5.52. The van der Waals surface area contributed by atoms with Gasteiger partial charge in [-0.2, -0.15) is 0 Å². The fourth-order valence-corrected chi connectivity index (χ4v) is 4.27. The summed E-state index contributed by atoms with van der Waals surface area (Å²) in [5.41, 5.74) is 0. The van der Waals surface area contributed by atoms with E-state index in [4.69, 9.17) is 0 Å². The third kappa shape index (κ3) is 6.92. The SMILES string of the molecule is CCCCCNC(=O)CN(C)C[C@H]1CCS(=O)(=O)C1. The summed E-state index contributed by atoms with van der Waals surface area (Å²) in [4.78, 5) is 13.6. The van der Waals surface area contributed by atoms with Gasteiger partial charge in [-0.1, -0.05) is 19.8 Å². The Kier molecular flexibility index (Phi) is 6.79. The Bertz CT molecular complexity index is 381. The molecule has 1 fully saturated rings. The average Bonchev–Trinajstić information content (AvgIpc) is 2.64. The molecule has 0 aromatic heterocycles. The average molecular weight is 290 g/mol. The van der Waals surface area contributed by atoms with Gasteiger partial charge in [-0.3, -0.25) is 9.69 Å². The Morgan fingerprint density at radius 1 is 1.37 bits per heavy atom.